The third-order valence-electron chi connectivity index (χ3n) is 3.66. The Bertz CT molecular complexity index is 121. The van der Waals surface area contributed by atoms with Crippen LogP contribution in [0.2, 0.25) is 0 Å². The molecule has 0 heterocycles. The molecule has 0 bridgehead atoms. The lowest BCUT2D eigenvalue weighted by atomic mass is 9.99. The van der Waals surface area contributed by atoms with Crippen molar-refractivity contribution >= 4 is 0 Å². The summed E-state index contributed by atoms with van der Waals surface area (Å²) < 4.78 is 0. The normalized spacial score (nSPS) is 19.9. The molecule has 84 valence electrons. The van der Waals surface area contributed by atoms with Crippen LogP contribution in [0.3, 0.4) is 0 Å². The summed E-state index contributed by atoms with van der Waals surface area (Å²) in [6.07, 6.45) is 11.4. The van der Waals surface area contributed by atoms with Gasteiger partial charge < -0.3 is 5.32 Å². The first-order valence-corrected chi connectivity index (χ1v) is 6.60. The minimum atomic E-state index is 0.762. The molecule has 0 radical (unpaired) electrons. The molecule has 1 aliphatic carbocycles. The maximum Gasteiger partial charge on any atom is 0.00619 e. The fourth-order valence-corrected chi connectivity index (χ4v) is 2.48. The zero-order valence-electron chi connectivity index (χ0n) is 10.0. The van der Waals surface area contributed by atoms with Gasteiger partial charge in [0.25, 0.3) is 0 Å². The Kier molecular flexibility index (Phi) is 6.25. The van der Waals surface area contributed by atoms with E-state index < -0.39 is 0 Å². The summed E-state index contributed by atoms with van der Waals surface area (Å²) in [6.45, 7) is 5.84. The molecule has 0 aromatic carbocycles. The van der Waals surface area contributed by atoms with Crippen LogP contribution in [-0.2, 0) is 0 Å². The van der Waals surface area contributed by atoms with Crippen LogP contribution in [0.4, 0.5) is 0 Å². The van der Waals surface area contributed by atoms with E-state index >= 15 is 0 Å². The van der Waals surface area contributed by atoms with Crippen LogP contribution in [0.15, 0.2) is 0 Å². The van der Waals surface area contributed by atoms with Crippen molar-refractivity contribution in [1.29, 1.82) is 0 Å². The molecule has 0 spiro atoms. The summed E-state index contributed by atoms with van der Waals surface area (Å²) in [5, 5.41) is 3.72. The fourth-order valence-electron chi connectivity index (χ4n) is 2.48. The molecule has 1 nitrogen and oxygen atoms in total. The lowest BCUT2D eigenvalue weighted by Crippen LogP contribution is -2.32. The second-order valence-corrected chi connectivity index (χ2v) is 4.78. The zero-order chi connectivity index (χ0) is 10.2. The summed E-state index contributed by atoms with van der Waals surface area (Å²) in [5.41, 5.74) is 0. The molecule has 1 saturated carbocycles. The van der Waals surface area contributed by atoms with Gasteiger partial charge in [0.15, 0.2) is 0 Å². The first-order valence-electron chi connectivity index (χ1n) is 6.60. The zero-order valence-corrected chi connectivity index (χ0v) is 10.0. The van der Waals surface area contributed by atoms with Crippen molar-refractivity contribution in [1.82, 2.24) is 5.32 Å². The summed E-state index contributed by atoms with van der Waals surface area (Å²) in [4.78, 5) is 0. The molecule has 1 fully saturated rings. The predicted molar refractivity (Wildman–Crippen MR) is 63.6 cm³/mol. The Hall–Kier alpha value is -0.0400. The second kappa shape index (κ2) is 7.28. The quantitative estimate of drug-likeness (QED) is 0.662. The average Bonchev–Trinajstić information content (AvgIpc) is 2.48. The first-order chi connectivity index (χ1) is 6.86. The Balaban J connectivity index is 2.14. The smallest absolute Gasteiger partial charge is 0.00619 e. The molecule has 0 aliphatic heterocycles. The van der Waals surface area contributed by atoms with E-state index in [1.807, 2.05) is 0 Å². The SMILES string of the molecule is CCC(CC)NCC1CCCCCC1. The molecule has 0 amide bonds. The van der Waals surface area contributed by atoms with E-state index in [-0.39, 0.29) is 0 Å². The van der Waals surface area contributed by atoms with Crippen molar-refractivity contribution in [3.8, 4) is 0 Å². The monoisotopic (exact) mass is 197 g/mol. The van der Waals surface area contributed by atoms with Crippen molar-refractivity contribution in [3.63, 3.8) is 0 Å². The van der Waals surface area contributed by atoms with E-state index in [9.17, 15) is 0 Å². The lowest BCUT2D eigenvalue weighted by molar-refractivity contribution is 0.381. The molecule has 0 atom stereocenters. The number of hydrogen-bond acceptors (Lipinski definition) is 1. The van der Waals surface area contributed by atoms with Crippen LogP contribution in [0.5, 0.6) is 0 Å². The van der Waals surface area contributed by atoms with E-state index in [1.165, 1.54) is 57.9 Å². The van der Waals surface area contributed by atoms with Crippen LogP contribution in [-0.4, -0.2) is 12.6 Å². The van der Waals surface area contributed by atoms with Gasteiger partial charge in [0, 0.05) is 6.04 Å². The molecular formula is C13H27N. The van der Waals surface area contributed by atoms with Crippen LogP contribution >= 0.6 is 0 Å². The standard InChI is InChI=1S/C13H27N/c1-3-13(4-2)14-11-12-9-7-5-6-8-10-12/h12-14H,3-11H2,1-2H3. The van der Waals surface area contributed by atoms with E-state index in [4.69, 9.17) is 0 Å². The van der Waals surface area contributed by atoms with Gasteiger partial charge in [-0.05, 0) is 38.1 Å². The minimum Gasteiger partial charge on any atom is -0.314 e. The summed E-state index contributed by atoms with van der Waals surface area (Å²) in [5.74, 6) is 0.970. The van der Waals surface area contributed by atoms with Crippen LogP contribution < -0.4 is 5.32 Å². The van der Waals surface area contributed by atoms with Crippen molar-refractivity contribution in [2.45, 2.75) is 71.3 Å². The van der Waals surface area contributed by atoms with Gasteiger partial charge in [-0.25, -0.2) is 0 Å². The highest BCUT2D eigenvalue weighted by atomic mass is 14.9. The van der Waals surface area contributed by atoms with Gasteiger partial charge in [-0.1, -0.05) is 39.5 Å². The van der Waals surface area contributed by atoms with Gasteiger partial charge in [-0.15, -0.1) is 0 Å². The third kappa shape index (κ3) is 4.45. The topological polar surface area (TPSA) is 12.0 Å². The van der Waals surface area contributed by atoms with Crippen molar-refractivity contribution in [2.24, 2.45) is 5.92 Å². The fraction of sp³-hybridized carbons (Fsp3) is 1.00. The molecule has 1 aliphatic rings. The molecule has 1 N–H and O–H groups in total. The third-order valence-corrected chi connectivity index (χ3v) is 3.66. The highest BCUT2D eigenvalue weighted by Crippen LogP contribution is 2.22. The molecule has 14 heavy (non-hydrogen) atoms. The molecule has 1 rings (SSSR count). The molecular weight excluding hydrogens is 170 g/mol. The largest absolute Gasteiger partial charge is 0.314 e. The molecule has 0 unspecified atom stereocenters. The Morgan fingerprint density at radius 2 is 1.57 bits per heavy atom. The van der Waals surface area contributed by atoms with Gasteiger partial charge in [0.1, 0.15) is 0 Å². The van der Waals surface area contributed by atoms with Crippen molar-refractivity contribution in [2.75, 3.05) is 6.54 Å². The van der Waals surface area contributed by atoms with E-state index in [0.29, 0.717) is 0 Å². The maximum atomic E-state index is 3.72. The summed E-state index contributed by atoms with van der Waals surface area (Å²) >= 11 is 0. The Morgan fingerprint density at radius 1 is 1.00 bits per heavy atom. The molecule has 0 aromatic heterocycles. The molecule has 0 saturated heterocycles. The van der Waals surface area contributed by atoms with E-state index in [0.717, 1.165) is 12.0 Å². The Morgan fingerprint density at radius 3 is 2.07 bits per heavy atom. The van der Waals surface area contributed by atoms with Crippen molar-refractivity contribution in [3.05, 3.63) is 0 Å². The minimum absolute atomic E-state index is 0.762. The predicted octanol–water partition coefficient (Wildman–Crippen LogP) is 3.74. The van der Waals surface area contributed by atoms with Gasteiger partial charge in [0.2, 0.25) is 0 Å². The van der Waals surface area contributed by atoms with Gasteiger partial charge in [0.05, 0.1) is 0 Å². The van der Waals surface area contributed by atoms with E-state index in [2.05, 4.69) is 19.2 Å². The summed E-state index contributed by atoms with van der Waals surface area (Å²) in [6, 6.07) is 0.762. The number of rotatable bonds is 5. The summed E-state index contributed by atoms with van der Waals surface area (Å²) in [7, 11) is 0. The average molecular weight is 197 g/mol. The highest BCUT2D eigenvalue weighted by molar-refractivity contribution is 4.70. The van der Waals surface area contributed by atoms with Crippen LogP contribution in [0, 0.1) is 5.92 Å². The van der Waals surface area contributed by atoms with Gasteiger partial charge in [-0.2, -0.15) is 0 Å². The Labute approximate surface area is 89.7 Å². The van der Waals surface area contributed by atoms with E-state index in [1.54, 1.807) is 0 Å². The molecule has 1 heteroatoms. The second-order valence-electron chi connectivity index (χ2n) is 4.78. The first kappa shape index (κ1) is 12.0. The highest BCUT2D eigenvalue weighted by Gasteiger charge is 2.13. The van der Waals surface area contributed by atoms with Crippen molar-refractivity contribution < 1.29 is 0 Å². The maximum absolute atomic E-state index is 3.72. The van der Waals surface area contributed by atoms with Gasteiger partial charge >= 0.3 is 0 Å². The van der Waals surface area contributed by atoms with Crippen LogP contribution in [0.1, 0.15) is 65.2 Å². The number of nitrogens with one attached hydrogen (secondary N) is 1. The molecule has 0 aromatic rings. The number of hydrogen-bond donors (Lipinski definition) is 1. The van der Waals surface area contributed by atoms with Gasteiger partial charge in [-0.3, -0.25) is 0 Å². The lowest BCUT2D eigenvalue weighted by Gasteiger charge is -2.20. The van der Waals surface area contributed by atoms with Crippen LogP contribution in [0.25, 0.3) is 0 Å².